The van der Waals surface area contributed by atoms with Crippen LogP contribution in [-0.2, 0) is 16.1 Å². The fourth-order valence-corrected chi connectivity index (χ4v) is 2.19. The van der Waals surface area contributed by atoms with E-state index in [1.54, 1.807) is 12.1 Å². The second kappa shape index (κ2) is 8.76. The monoisotopic (exact) mass is 322 g/mol. The predicted molar refractivity (Wildman–Crippen MR) is 72.5 cm³/mol. The Morgan fingerprint density at radius 1 is 1.38 bits per heavy atom. The maximum absolute atomic E-state index is 11.9. The Kier molecular flexibility index (Phi) is 7.35. The molecule has 0 saturated heterocycles. The zero-order valence-corrected chi connectivity index (χ0v) is 11.9. The van der Waals surface area contributed by atoms with E-state index in [0.717, 1.165) is 11.8 Å². The molecule has 1 rings (SSSR count). The quantitative estimate of drug-likeness (QED) is 0.710. The van der Waals surface area contributed by atoms with Gasteiger partial charge >= 0.3 is 6.18 Å². The third-order valence-corrected chi connectivity index (χ3v) is 3.43. The predicted octanol–water partition coefficient (Wildman–Crippen LogP) is 2.74. The number of halogens is 3. The minimum Gasteiger partial charge on any atom is -0.467 e. The van der Waals surface area contributed by atoms with E-state index < -0.39 is 17.7 Å². The maximum Gasteiger partial charge on any atom is 0.450 e. The van der Waals surface area contributed by atoms with Gasteiger partial charge in [0.25, 0.3) is 0 Å². The molecule has 0 aliphatic rings. The Morgan fingerprint density at radius 3 is 2.76 bits per heavy atom. The third-order valence-electron chi connectivity index (χ3n) is 2.39. The lowest BCUT2D eigenvalue weighted by Crippen LogP contribution is -2.24. The van der Waals surface area contributed by atoms with E-state index >= 15 is 0 Å². The number of carbonyl (C=O) groups is 2. The summed E-state index contributed by atoms with van der Waals surface area (Å²) < 4.78 is 40.7. The highest BCUT2D eigenvalue weighted by molar-refractivity contribution is 7.99. The number of hydrogen-bond donors (Lipinski definition) is 1. The summed E-state index contributed by atoms with van der Waals surface area (Å²) in [5.74, 6) is -1.54. The number of amides is 1. The molecule has 0 fully saturated rings. The zero-order valence-electron chi connectivity index (χ0n) is 11.1. The average molecular weight is 322 g/mol. The van der Waals surface area contributed by atoms with E-state index in [1.807, 2.05) is 0 Å². The number of alkyl halides is 3. The highest BCUT2D eigenvalue weighted by Crippen LogP contribution is 2.19. The highest BCUT2D eigenvalue weighted by Gasteiger charge is 2.37. The third kappa shape index (κ3) is 7.79. The molecule has 1 amide bonds. The van der Waals surface area contributed by atoms with E-state index in [0.29, 0.717) is 24.4 Å². The molecule has 0 aromatic carbocycles. The van der Waals surface area contributed by atoms with Crippen molar-refractivity contribution >= 4 is 23.5 Å². The van der Waals surface area contributed by atoms with Gasteiger partial charge in [-0.15, -0.1) is 0 Å². The molecule has 1 N–H and O–H groups in total. The molecular formula is C13H15F3NO3S. The van der Waals surface area contributed by atoms with E-state index in [-0.39, 0.29) is 12.5 Å². The van der Waals surface area contributed by atoms with Crippen LogP contribution in [0.25, 0.3) is 0 Å². The second-order valence-corrected chi connectivity index (χ2v) is 5.22. The number of carbonyl (C=O) groups excluding carboxylic acids is 2. The van der Waals surface area contributed by atoms with Crippen LogP contribution in [0, 0.1) is 6.42 Å². The Morgan fingerprint density at radius 2 is 2.14 bits per heavy atom. The van der Waals surface area contributed by atoms with Crippen molar-refractivity contribution in [1.82, 2.24) is 5.32 Å². The van der Waals surface area contributed by atoms with Crippen molar-refractivity contribution in [3.05, 3.63) is 30.6 Å². The van der Waals surface area contributed by atoms with E-state index in [4.69, 9.17) is 4.42 Å². The molecule has 8 heteroatoms. The largest absolute Gasteiger partial charge is 0.467 e. The lowest BCUT2D eigenvalue weighted by atomic mass is 10.2. The Labute approximate surface area is 124 Å². The highest BCUT2D eigenvalue weighted by atomic mass is 32.2. The Balaban J connectivity index is 1.99. The summed E-state index contributed by atoms with van der Waals surface area (Å²) >= 11 is 0.915. The summed E-state index contributed by atoms with van der Waals surface area (Å²) in [6, 6.07) is 3.44. The van der Waals surface area contributed by atoms with E-state index in [2.05, 4.69) is 5.32 Å². The minimum atomic E-state index is -4.76. The number of furan rings is 1. The molecule has 1 aromatic rings. The summed E-state index contributed by atoms with van der Waals surface area (Å²) in [5, 5.41) is 2.62. The van der Waals surface area contributed by atoms with Crippen LogP contribution in [0.1, 0.15) is 18.6 Å². The molecule has 0 bridgehead atoms. The molecule has 1 aromatic heterocycles. The number of nitrogens with one attached hydrogen (secondary N) is 1. The molecule has 0 atom stereocenters. The lowest BCUT2D eigenvalue weighted by Gasteiger charge is -2.05. The van der Waals surface area contributed by atoms with Crippen molar-refractivity contribution in [3.8, 4) is 0 Å². The molecule has 1 heterocycles. The zero-order chi connectivity index (χ0) is 15.7. The van der Waals surface area contributed by atoms with Gasteiger partial charge in [-0.1, -0.05) is 0 Å². The van der Waals surface area contributed by atoms with Gasteiger partial charge in [0.05, 0.1) is 18.6 Å². The fraction of sp³-hybridized carbons (Fsp3) is 0.462. The van der Waals surface area contributed by atoms with Gasteiger partial charge in [0.1, 0.15) is 5.76 Å². The summed E-state index contributed by atoms with van der Waals surface area (Å²) in [7, 11) is 0. The molecular weight excluding hydrogens is 307 g/mol. The first-order chi connectivity index (χ1) is 9.89. The summed E-state index contributed by atoms with van der Waals surface area (Å²) in [6.07, 6.45) is -0.855. The van der Waals surface area contributed by atoms with E-state index in [9.17, 15) is 22.8 Å². The van der Waals surface area contributed by atoms with Crippen molar-refractivity contribution in [3.63, 3.8) is 0 Å². The van der Waals surface area contributed by atoms with Crippen LogP contribution in [0.4, 0.5) is 13.2 Å². The van der Waals surface area contributed by atoms with E-state index in [1.165, 1.54) is 12.7 Å². The Bertz CT molecular complexity index is 446. The van der Waals surface area contributed by atoms with Crippen molar-refractivity contribution in [1.29, 1.82) is 0 Å². The second-order valence-electron chi connectivity index (χ2n) is 4.12. The number of ketones is 1. The van der Waals surface area contributed by atoms with Crippen molar-refractivity contribution in [2.45, 2.75) is 25.6 Å². The van der Waals surface area contributed by atoms with Crippen molar-refractivity contribution in [2.75, 3.05) is 11.5 Å². The van der Waals surface area contributed by atoms with Crippen molar-refractivity contribution in [2.24, 2.45) is 0 Å². The van der Waals surface area contributed by atoms with Crippen LogP contribution < -0.4 is 5.32 Å². The molecule has 117 valence electrons. The fourth-order valence-electron chi connectivity index (χ4n) is 1.32. The van der Waals surface area contributed by atoms with Crippen LogP contribution in [-0.4, -0.2) is 29.4 Å². The number of unbranched alkanes of at least 4 members (excludes halogenated alkanes) is 1. The molecule has 0 unspecified atom stereocenters. The van der Waals surface area contributed by atoms with Gasteiger partial charge in [-0.2, -0.15) is 24.9 Å². The molecule has 0 aliphatic carbocycles. The van der Waals surface area contributed by atoms with Crippen LogP contribution >= 0.6 is 11.8 Å². The molecule has 0 spiro atoms. The first-order valence-electron chi connectivity index (χ1n) is 6.21. The summed E-state index contributed by atoms with van der Waals surface area (Å²) in [4.78, 5) is 22.0. The maximum atomic E-state index is 11.9. The van der Waals surface area contributed by atoms with Gasteiger partial charge in [0.15, 0.2) is 0 Å². The lowest BCUT2D eigenvalue weighted by molar-refractivity contribution is -0.167. The topological polar surface area (TPSA) is 59.3 Å². The number of thioether (sulfide) groups is 1. The number of hydrogen-bond acceptors (Lipinski definition) is 4. The number of Topliss-reactive ketones (excluding diaryl/α,β-unsaturated/α-hetero) is 1. The molecule has 21 heavy (non-hydrogen) atoms. The van der Waals surface area contributed by atoms with Crippen LogP contribution in [0.5, 0.6) is 0 Å². The van der Waals surface area contributed by atoms with Gasteiger partial charge in [-0.05, 0) is 30.7 Å². The van der Waals surface area contributed by atoms with Crippen molar-refractivity contribution < 1.29 is 27.2 Å². The summed E-state index contributed by atoms with van der Waals surface area (Å²) in [6.45, 7) is 0.289. The summed E-state index contributed by atoms with van der Waals surface area (Å²) in [5.41, 5.74) is 0. The molecule has 4 nitrogen and oxygen atoms in total. The molecule has 0 aliphatic heterocycles. The first kappa shape index (κ1) is 17.6. The Hall–Kier alpha value is -1.44. The SMILES string of the molecule is O=C([CH]CCCSCC(=O)C(F)(F)F)NCc1ccco1. The molecule has 1 radical (unpaired) electrons. The standard InChI is InChI=1S/C13H15F3NO3S/c14-13(15,16)11(18)9-21-7-2-1-5-12(19)17-8-10-4-3-6-20-10/h3-6H,1-2,7-9H2,(H,17,19). The van der Waals surface area contributed by atoms with Crippen LogP contribution in [0.15, 0.2) is 22.8 Å². The normalized spacial score (nSPS) is 11.4. The minimum absolute atomic E-state index is 0.261. The van der Waals surface area contributed by atoms with Gasteiger partial charge in [-0.25, -0.2) is 0 Å². The first-order valence-corrected chi connectivity index (χ1v) is 7.36. The average Bonchev–Trinajstić information content (AvgIpc) is 2.92. The number of rotatable bonds is 9. The van der Waals surface area contributed by atoms with Crippen LogP contribution in [0.3, 0.4) is 0 Å². The van der Waals surface area contributed by atoms with Gasteiger partial charge in [-0.3, -0.25) is 9.59 Å². The smallest absolute Gasteiger partial charge is 0.450 e. The van der Waals surface area contributed by atoms with Gasteiger partial charge in [0.2, 0.25) is 11.7 Å². The van der Waals surface area contributed by atoms with Gasteiger partial charge in [0, 0.05) is 6.42 Å². The van der Waals surface area contributed by atoms with Crippen LogP contribution in [0.2, 0.25) is 0 Å². The van der Waals surface area contributed by atoms with Gasteiger partial charge < -0.3 is 9.73 Å². The molecule has 0 saturated carbocycles.